The topological polar surface area (TPSA) is 21.3 Å². The standard InChI is InChI=1S/C16H24ClNO/c1-13-5-7-14(8-6-13)12-18-9-10-19-16-4-2-3-15(17)11-16/h2-4,11,13-14,18H,5-10,12H2,1H3. The van der Waals surface area contributed by atoms with Crippen molar-refractivity contribution in [1.82, 2.24) is 5.32 Å². The first-order chi connectivity index (χ1) is 9.24. The Morgan fingerprint density at radius 1 is 1.26 bits per heavy atom. The molecule has 0 saturated heterocycles. The zero-order valence-corrected chi connectivity index (χ0v) is 12.5. The second kappa shape index (κ2) is 7.76. The number of halogens is 1. The van der Waals surface area contributed by atoms with E-state index in [-0.39, 0.29) is 0 Å². The Labute approximate surface area is 121 Å². The zero-order chi connectivity index (χ0) is 13.5. The van der Waals surface area contributed by atoms with E-state index in [1.165, 1.54) is 25.7 Å². The number of rotatable bonds is 6. The van der Waals surface area contributed by atoms with Crippen molar-refractivity contribution in [2.75, 3.05) is 19.7 Å². The summed E-state index contributed by atoms with van der Waals surface area (Å²) >= 11 is 5.90. The lowest BCUT2D eigenvalue weighted by Crippen LogP contribution is -2.29. The minimum Gasteiger partial charge on any atom is -0.492 e. The van der Waals surface area contributed by atoms with Gasteiger partial charge in [0.05, 0.1) is 0 Å². The van der Waals surface area contributed by atoms with Gasteiger partial charge in [-0.3, -0.25) is 0 Å². The Kier molecular flexibility index (Phi) is 5.99. The molecule has 0 aliphatic heterocycles. The van der Waals surface area contributed by atoms with Gasteiger partial charge in [0.2, 0.25) is 0 Å². The van der Waals surface area contributed by atoms with Gasteiger partial charge in [-0.25, -0.2) is 0 Å². The number of hydrogen-bond donors (Lipinski definition) is 1. The average Bonchev–Trinajstić information content (AvgIpc) is 2.41. The van der Waals surface area contributed by atoms with Crippen LogP contribution in [-0.2, 0) is 0 Å². The van der Waals surface area contributed by atoms with E-state index in [1.54, 1.807) is 0 Å². The van der Waals surface area contributed by atoms with Gasteiger partial charge in [0, 0.05) is 11.6 Å². The van der Waals surface area contributed by atoms with Gasteiger partial charge >= 0.3 is 0 Å². The number of hydrogen-bond acceptors (Lipinski definition) is 2. The molecule has 2 nitrogen and oxygen atoms in total. The summed E-state index contributed by atoms with van der Waals surface area (Å²) in [6.45, 7) is 5.09. The van der Waals surface area contributed by atoms with Crippen LogP contribution in [-0.4, -0.2) is 19.7 Å². The van der Waals surface area contributed by atoms with E-state index in [9.17, 15) is 0 Å². The largest absolute Gasteiger partial charge is 0.492 e. The Morgan fingerprint density at radius 2 is 2.05 bits per heavy atom. The van der Waals surface area contributed by atoms with Crippen molar-refractivity contribution < 1.29 is 4.74 Å². The third kappa shape index (κ3) is 5.42. The Morgan fingerprint density at radius 3 is 2.79 bits per heavy atom. The lowest BCUT2D eigenvalue weighted by atomic mass is 9.83. The first-order valence-electron chi connectivity index (χ1n) is 7.33. The minimum atomic E-state index is 0.698. The molecule has 0 spiro atoms. The molecule has 0 unspecified atom stereocenters. The maximum Gasteiger partial charge on any atom is 0.120 e. The summed E-state index contributed by atoms with van der Waals surface area (Å²) in [4.78, 5) is 0. The number of benzene rings is 1. The monoisotopic (exact) mass is 281 g/mol. The third-order valence-corrected chi connectivity index (χ3v) is 4.15. The quantitative estimate of drug-likeness (QED) is 0.792. The van der Waals surface area contributed by atoms with Crippen LogP contribution in [0.2, 0.25) is 5.02 Å². The highest BCUT2D eigenvalue weighted by molar-refractivity contribution is 6.30. The summed E-state index contributed by atoms with van der Waals surface area (Å²) in [5.41, 5.74) is 0. The van der Waals surface area contributed by atoms with Crippen molar-refractivity contribution in [3.8, 4) is 5.75 Å². The second-order valence-electron chi connectivity index (χ2n) is 5.64. The molecule has 3 heteroatoms. The predicted octanol–water partition coefficient (Wildman–Crippen LogP) is 4.13. The van der Waals surface area contributed by atoms with Gasteiger partial charge in [-0.05, 0) is 49.4 Å². The SMILES string of the molecule is CC1CCC(CNCCOc2cccc(Cl)c2)CC1. The summed E-state index contributed by atoms with van der Waals surface area (Å²) in [6, 6.07) is 7.56. The summed E-state index contributed by atoms with van der Waals surface area (Å²) in [7, 11) is 0. The molecule has 1 aromatic carbocycles. The van der Waals surface area contributed by atoms with Gasteiger partial charge in [-0.1, -0.05) is 37.4 Å². The maximum atomic E-state index is 5.90. The summed E-state index contributed by atoms with van der Waals surface area (Å²) in [5.74, 6) is 2.64. The van der Waals surface area contributed by atoms with Crippen LogP contribution < -0.4 is 10.1 Å². The van der Waals surface area contributed by atoms with E-state index in [0.717, 1.165) is 35.7 Å². The summed E-state index contributed by atoms with van der Waals surface area (Å²) < 4.78 is 5.65. The normalized spacial score (nSPS) is 23.3. The van der Waals surface area contributed by atoms with Crippen molar-refractivity contribution in [3.05, 3.63) is 29.3 Å². The Bertz CT molecular complexity index is 375. The van der Waals surface area contributed by atoms with Crippen molar-refractivity contribution in [2.45, 2.75) is 32.6 Å². The van der Waals surface area contributed by atoms with Gasteiger partial charge in [0.25, 0.3) is 0 Å². The molecule has 0 bridgehead atoms. The smallest absolute Gasteiger partial charge is 0.120 e. The van der Waals surface area contributed by atoms with E-state index in [1.807, 2.05) is 24.3 Å². The summed E-state index contributed by atoms with van der Waals surface area (Å²) in [6.07, 6.45) is 5.54. The number of nitrogens with one attached hydrogen (secondary N) is 1. The molecule has 1 fully saturated rings. The van der Waals surface area contributed by atoms with Gasteiger partial charge in [-0.2, -0.15) is 0 Å². The fraction of sp³-hybridized carbons (Fsp3) is 0.625. The first-order valence-corrected chi connectivity index (χ1v) is 7.71. The molecule has 1 saturated carbocycles. The van der Waals surface area contributed by atoms with Crippen molar-refractivity contribution in [3.63, 3.8) is 0 Å². The van der Waals surface area contributed by atoms with Crippen LogP contribution >= 0.6 is 11.6 Å². The molecule has 0 radical (unpaired) electrons. The van der Waals surface area contributed by atoms with Gasteiger partial charge < -0.3 is 10.1 Å². The molecule has 106 valence electrons. The highest BCUT2D eigenvalue weighted by atomic mass is 35.5. The molecule has 19 heavy (non-hydrogen) atoms. The van der Waals surface area contributed by atoms with Gasteiger partial charge in [0.1, 0.15) is 12.4 Å². The van der Waals surface area contributed by atoms with Gasteiger partial charge in [-0.15, -0.1) is 0 Å². The van der Waals surface area contributed by atoms with Gasteiger partial charge in [0.15, 0.2) is 0 Å². The van der Waals surface area contributed by atoms with Crippen molar-refractivity contribution >= 4 is 11.6 Å². The minimum absolute atomic E-state index is 0.698. The van der Waals surface area contributed by atoms with E-state index >= 15 is 0 Å². The van der Waals surface area contributed by atoms with Crippen molar-refractivity contribution in [1.29, 1.82) is 0 Å². The zero-order valence-electron chi connectivity index (χ0n) is 11.7. The maximum absolute atomic E-state index is 5.90. The molecule has 0 atom stereocenters. The highest BCUT2D eigenvalue weighted by Crippen LogP contribution is 2.27. The molecule has 2 rings (SSSR count). The van der Waals surface area contributed by atoms with Crippen LogP contribution in [0.15, 0.2) is 24.3 Å². The Hall–Kier alpha value is -0.730. The fourth-order valence-electron chi connectivity index (χ4n) is 2.64. The highest BCUT2D eigenvalue weighted by Gasteiger charge is 2.17. The van der Waals surface area contributed by atoms with E-state index < -0.39 is 0 Å². The van der Waals surface area contributed by atoms with Crippen molar-refractivity contribution in [2.24, 2.45) is 11.8 Å². The molecule has 1 aliphatic rings. The summed E-state index contributed by atoms with van der Waals surface area (Å²) in [5, 5.41) is 4.22. The molecule has 0 aromatic heterocycles. The lowest BCUT2D eigenvalue weighted by Gasteiger charge is -2.26. The molecule has 1 aromatic rings. The molecule has 0 heterocycles. The van der Waals surface area contributed by atoms with Crippen LogP contribution in [0.3, 0.4) is 0 Å². The third-order valence-electron chi connectivity index (χ3n) is 3.91. The molecular weight excluding hydrogens is 258 g/mol. The van der Waals surface area contributed by atoms with Crippen LogP contribution in [0.1, 0.15) is 32.6 Å². The van der Waals surface area contributed by atoms with E-state index in [4.69, 9.17) is 16.3 Å². The lowest BCUT2D eigenvalue weighted by molar-refractivity contribution is 0.268. The van der Waals surface area contributed by atoms with E-state index in [2.05, 4.69) is 12.2 Å². The molecule has 1 N–H and O–H groups in total. The number of ether oxygens (including phenoxy) is 1. The second-order valence-corrected chi connectivity index (χ2v) is 6.07. The Balaban J connectivity index is 1.55. The molecule has 1 aliphatic carbocycles. The first kappa shape index (κ1) is 14.7. The van der Waals surface area contributed by atoms with Crippen LogP contribution in [0.5, 0.6) is 5.75 Å². The fourth-order valence-corrected chi connectivity index (χ4v) is 2.82. The predicted molar refractivity (Wildman–Crippen MR) is 80.9 cm³/mol. The molecule has 0 amide bonds. The molecular formula is C16H24ClNO. The van der Waals surface area contributed by atoms with Crippen LogP contribution in [0, 0.1) is 11.8 Å². The van der Waals surface area contributed by atoms with Crippen LogP contribution in [0.25, 0.3) is 0 Å². The van der Waals surface area contributed by atoms with E-state index in [0.29, 0.717) is 6.61 Å². The van der Waals surface area contributed by atoms with Crippen LogP contribution in [0.4, 0.5) is 0 Å². The average molecular weight is 282 g/mol.